The molecule has 1 aromatic carbocycles. The van der Waals surface area contributed by atoms with Crippen molar-refractivity contribution < 1.29 is 9.84 Å². The first kappa shape index (κ1) is 12.0. The molecule has 0 aliphatic carbocycles. The minimum absolute atomic E-state index is 0.184. The third kappa shape index (κ3) is 3.00. The first-order chi connectivity index (χ1) is 8.67. The van der Waals surface area contributed by atoms with Crippen LogP contribution in [0.1, 0.15) is 6.92 Å². The molecule has 6 heteroatoms. The number of H-pyrrole nitrogens is 1. The summed E-state index contributed by atoms with van der Waals surface area (Å²) in [5.74, 6) is 0.622. The van der Waals surface area contributed by atoms with Gasteiger partial charge in [0.2, 0.25) is 11.8 Å². The van der Waals surface area contributed by atoms with E-state index in [1.807, 2.05) is 6.92 Å². The van der Waals surface area contributed by atoms with Gasteiger partial charge in [0.1, 0.15) is 5.75 Å². The highest BCUT2D eigenvalue weighted by Crippen LogP contribution is 2.18. The lowest BCUT2D eigenvalue weighted by Gasteiger charge is -2.07. The molecule has 18 heavy (non-hydrogen) atoms. The molecular weight excluding hydrogens is 234 g/mol. The van der Waals surface area contributed by atoms with Gasteiger partial charge in [-0.25, -0.2) is 0 Å². The van der Waals surface area contributed by atoms with Crippen molar-refractivity contribution >= 4 is 11.6 Å². The summed E-state index contributed by atoms with van der Waals surface area (Å²) in [7, 11) is 0. The van der Waals surface area contributed by atoms with Crippen molar-refractivity contribution in [2.75, 3.05) is 11.9 Å². The summed E-state index contributed by atoms with van der Waals surface area (Å²) in [6, 6.07) is 8.17. The molecule has 0 saturated heterocycles. The lowest BCUT2D eigenvalue weighted by molar-refractivity contribution is 0.340. The van der Waals surface area contributed by atoms with Crippen molar-refractivity contribution in [1.29, 1.82) is 0 Å². The van der Waals surface area contributed by atoms with Gasteiger partial charge in [0.15, 0.2) is 0 Å². The molecule has 2 aromatic rings. The maximum Gasteiger partial charge on any atom is 0.256 e. The van der Waals surface area contributed by atoms with Crippen LogP contribution in [-0.2, 0) is 0 Å². The predicted octanol–water partition coefficient (Wildman–Crippen LogP) is 1.62. The van der Waals surface area contributed by atoms with Crippen LogP contribution in [0.2, 0.25) is 0 Å². The summed E-state index contributed by atoms with van der Waals surface area (Å²) in [6.07, 6.45) is 0. The van der Waals surface area contributed by atoms with E-state index in [-0.39, 0.29) is 11.8 Å². The van der Waals surface area contributed by atoms with Gasteiger partial charge in [0, 0.05) is 5.69 Å². The summed E-state index contributed by atoms with van der Waals surface area (Å²) in [5.41, 5.74) is 0.308. The van der Waals surface area contributed by atoms with Gasteiger partial charge in [0.25, 0.3) is 5.56 Å². The molecule has 0 amide bonds. The Bertz CT molecular complexity index is 578. The fourth-order valence-corrected chi connectivity index (χ4v) is 1.44. The molecule has 0 fully saturated rings. The summed E-state index contributed by atoms with van der Waals surface area (Å²) in [6.45, 7) is 2.52. The number of aromatic amines is 1. The SMILES string of the molecule is CCOc1ccc(Nc2nc(O)cc(=O)[nH]2)cc1. The Morgan fingerprint density at radius 2 is 2.11 bits per heavy atom. The average molecular weight is 247 g/mol. The van der Waals surface area contributed by atoms with Crippen molar-refractivity contribution in [3.05, 3.63) is 40.7 Å². The Labute approximate surface area is 103 Å². The van der Waals surface area contributed by atoms with Gasteiger partial charge < -0.3 is 15.2 Å². The van der Waals surface area contributed by atoms with Gasteiger partial charge >= 0.3 is 0 Å². The maximum absolute atomic E-state index is 11.1. The highest BCUT2D eigenvalue weighted by molar-refractivity contribution is 5.54. The van der Waals surface area contributed by atoms with E-state index in [0.29, 0.717) is 6.61 Å². The first-order valence-corrected chi connectivity index (χ1v) is 5.47. The average Bonchev–Trinajstić information content (AvgIpc) is 2.31. The van der Waals surface area contributed by atoms with Crippen LogP contribution in [0.5, 0.6) is 11.6 Å². The van der Waals surface area contributed by atoms with Gasteiger partial charge in [-0.2, -0.15) is 4.98 Å². The molecule has 3 N–H and O–H groups in total. The van der Waals surface area contributed by atoms with Crippen molar-refractivity contribution in [3.63, 3.8) is 0 Å². The Morgan fingerprint density at radius 3 is 2.72 bits per heavy atom. The minimum atomic E-state index is -0.420. The standard InChI is InChI=1S/C12H13N3O3/c1-2-18-9-5-3-8(4-6-9)13-12-14-10(16)7-11(17)15-12/h3-7H,2H2,1H3,(H3,13,14,15,16,17). The normalized spacial score (nSPS) is 10.1. The largest absolute Gasteiger partial charge is 0.494 e. The van der Waals surface area contributed by atoms with E-state index >= 15 is 0 Å². The number of aromatic nitrogens is 2. The number of hydrogen-bond acceptors (Lipinski definition) is 5. The first-order valence-electron chi connectivity index (χ1n) is 5.47. The molecule has 94 valence electrons. The van der Waals surface area contributed by atoms with Crippen molar-refractivity contribution in [2.45, 2.75) is 6.92 Å². The number of nitrogens with one attached hydrogen (secondary N) is 2. The van der Waals surface area contributed by atoms with Gasteiger partial charge in [0.05, 0.1) is 12.7 Å². The number of rotatable bonds is 4. The molecule has 2 rings (SSSR count). The monoisotopic (exact) mass is 247 g/mol. The molecule has 0 aliphatic heterocycles. The number of hydrogen-bond donors (Lipinski definition) is 3. The molecule has 6 nitrogen and oxygen atoms in total. The second-order valence-corrected chi connectivity index (χ2v) is 3.53. The summed E-state index contributed by atoms with van der Waals surface area (Å²) in [4.78, 5) is 17.3. The number of ether oxygens (including phenoxy) is 1. The fourth-order valence-electron chi connectivity index (χ4n) is 1.44. The van der Waals surface area contributed by atoms with E-state index in [0.717, 1.165) is 17.5 Å². The van der Waals surface area contributed by atoms with E-state index in [4.69, 9.17) is 4.74 Å². The van der Waals surface area contributed by atoms with Crippen LogP contribution in [0.25, 0.3) is 0 Å². The molecule has 0 radical (unpaired) electrons. The van der Waals surface area contributed by atoms with Crippen molar-refractivity contribution in [2.24, 2.45) is 0 Å². The van der Waals surface area contributed by atoms with E-state index in [2.05, 4.69) is 15.3 Å². The zero-order valence-corrected chi connectivity index (χ0v) is 9.80. The highest BCUT2D eigenvalue weighted by Gasteiger charge is 2.00. The number of nitrogens with zero attached hydrogens (tertiary/aromatic N) is 1. The van der Waals surface area contributed by atoms with Crippen LogP contribution in [0.15, 0.2) is 35.1 Å². The Hall–Kier alpha value is -2.50. The third-order valence-corrected chi connectivity index (χ3v) is 2.16. The van der Waals surface area contributed by atoms with Crippen molar-refractivity contribution in [1.82, 2.24) is 9.97 Å². The highest BCUT2D eigenvalue weighted by atomic mass is 16.5. The number of aromatic hydroxyl groups is 1. The minimum Gasteiger partial charge on any atom is -0.494 e. The lowest BCUT2D eigenvalue weighted by atomic mass is 10.3. The van der Waals surface area contributed by atoms with Crippen LogP contribution in [0.4, 0.5) is 11.6 Å². The Kier molecular flexibility index (Phi) is 3.47. The van der Waals surface area contributed by atoms with Crippen LogP contribution in [-0.4, -0.2) is 21.7 Å². The zero-order valence-electron chi connectivity index (χ0n) is 9.80. The van der Waals surface area contributed by atoms with Crippen LogP contribution < -0.4 is 15.6 Å². The second kappa shape index (κ2) is 5.22. The molecule has 1 heterocycles. The third-order valence-electron chi connectivity index (χ3n) is 2.16. The quantitative estimate of drug-likeness (QED) is 0.764. The van der Waals surface area contributed by atoms with Gasteiger partial charge in [-0.15, -0.1) is 0 Å². The predicted molar refractivity (Wildman–Crippen MR) is 67.4 cm³/mol. The van der Waals surface area contributed by atoms with Gasteiger partial charge in [-0.3, -0.25) is 9.78 Å². The van der Waals surface area contributed by atoms with E-state index < -0.39 is 5.56 Å². The maximum atomic E-state index is 11.1. The van der Waals surface area contributed by atoms with E-state index in [9.17, 15) is 9.90 Å². The molecule has 1 aromatic heterocycles. The molecule has 0 atom stereocenters. The molecule has 0 unspecified atom stereocenters. The summed E-state index contributed by atoms with van der Waals surface area (Å²) < 4.78 is 5.31. The lowest BCUT2D eigenvalue weighted by Crippen LogP contribution is -2.08. The summed E-state index contributed by atoms with van der Waals surface area (Å²) in [5, 5.41) is 12.1. The summed E-state index contributed by atoms with van der Waals surface area (Å²) >= 11 is 0. The number of anilines is 2. The zero-order chi connectivity index (χ0) is 13.0. The van der Waals surface area contributed by atoms with Crippen LogP contribution in [0, 0.1) is 0 Å². The number of benzene rings is 1. The van der Waals surface area contributed by atoms with E-state index in [1.54, 1.807) is 24.3 Å². The van der Waals surface area contributed by atoms with Crippen molar-refractivity contribution in [3.8, 4) is 11.6 Å². The Balaban J connectivity index is 2.15. The smallest absolute Gasteiger partial charge is 0.256 e. The van der Waals surface area contributed by atoms with E-state index in [1.165, 1.54) is 0 Å². The molecule has 0 spiro atoms. The molecule has 0 saturated carbocycles. The van der Waals surface area contributed by atoms with Gasteiger partial charge in [-0.05, 0) is 31.2 Å². The fraction of sp³-hybridized carbons (Fsp3) is 0.167. The molecule has 0 aliphatic rings. The van der Waals surface area contributed by atoms with Crippen LogP contribution in [0.3, 0.4) is 0 Å². The molecular formula is C12H13N3O3. The van der Waals surface area contributed by atoms with Crippen LogP contribution >= 0.6 is 0 Å². The molecule has 0 bridgehead atoms. The topological polar surface area (TPSA) is 87.2 Å². The second-order valence-electron chi connectivity index (χ2n) is 3.53. The van der Waals surface area contributed by atoms with Gasteiger partial charge in [-0.1, -0.05) is 0 Å². The Morgan fingerprint density at radius 1 is 1.39 bits per heavy atom.